The van der Waals surface area contributed by atoms with Gasteiger partial charge in [-0.1, -0.05) is 19.8 Å². The lowest BCUT2D eigenvalue weighted by atomic mass is 9.70. The van der Waals surface area contributed by atoms with E-state index >= 15 is 0 Å². The van der Waals surface area contributed by atoms with Gasteiger partial charge in [0.25, 0.3) is 0 Å². The van der Waals surface area contributed by atoms with Crippen LogP contribution in [0.3, 0.4) is 0 Å². The number of ether oxygens (including phenoxy) is 2. The highest BCUT2D eigenvalue weighted by molar-refractivity contribution is 4.95. The molecule has 136 valence electrons. The van der Waals surface area contributed by atoms with Crippen molar-refractivity contribution >= 4 is 0 Å². The molecule has 23 heavy (non-hydrogen) atoms. The molecule has 2 aliphatic carbocycles. The van der Waals surface area contributed by atoms with Gasteiger partial charge in [-0.25, -0.2) is 13.2 Å². The molecule has 0 aromatic carbocycles. The molecule has 0 aromatic heterocycles. The summed E-state index contributed by atoms with van der Waals surface area (Å²) in [4.78, 5) is 0. The van der Waals surface area contributed by atoms with Crippen molar-refractivity contribution in [2.24, 2.45) is 11.8 Å². The van der Waals surface area contributed by atoms with Crippen molar-refractivity contribution in [2.45, 2.75) is 89.0 Å². The Labute approximate surface area is 138 Å². The van der Waals surface area contributed by atoms with Crippen LogP contribution < -0.4 is 0 Å². The molecule has 0 heterocycles. The first-order chi connectivity index (χ1) is 11.1. The van der Waals surface area contributed by atoms with E-state index in [0.717, 1.165) is 25.7 Å². The van der Waals surface area contributed by atoms with Crippen LogP contribution in [0.5, 0.6) is 0 Å². The first-order valence-electron chi connectivity index (χ1n) is 9.15. The molecule has 0 radical (unpaired) electrons. The van der Waals surface area contributed by atoms with E-state index in [0.29, 0.717) is 32.3 Å². The van der Waals surface area contributed by atoms with E-state index in [1.165, 1.54) is 7.11 Å². The molecule has 2 aliphatic rings. The Morgan fingerprint density at radius 2 is 1.65 bits per heavy atom. The van der Waals surface area contributed by atoms with Gasteiger partial charge < -0.3 is 9.47 Å². The number of hydrogen-bond donors (Lipinski definition) is 0. The van der Waals surface area contributed by atoms with Gasteiger partial charge in [0.15, 0.2) is 6.17 Å². The molecule has 0 N–H and O–H groups in total. The van der Waals surface area contributed by atoms with Gasteiger partial charge in [-0.05, 0) is 43.9 Å². The van der Waals surface area contributed by atoms with Gasteiger partial charge in [-0.3, -0.25) is 0 Å². The molecule has 0 bridgehead atoms. The first-order valence-corrected chi connectivity index (χ1v) is 9.15. The molecular formula is C18H31F3O2. The Balaban J connectivity index is 1.81. The zero-order chi connectivity index (χ0) is 16.8. The monoisotopic (exact) mass is 336 g/mol. The van der Waals surface area contributed by atoms with E-state index in [-0.39, 0.29) is 12.0 Å². The van der Waals surface area contributed by atoms with Gasteiger partial charge in [0.2, 0.25) is 0 Å². The van der Waals surface area contributed by atoms with Crippen molar-refractivity contribution in [1.29, 1.82) is 0 Å². The molecule has 0 aliphatic heterocycles. The quantitative estimate of drug-likeness (QED) is 0.622. The van der Waals surface area contributed by atoms with Crippen molar-refractivity contribution in [3.8, 4) is 0 Å². The Morgan fingerprint density at radius 3 is 2.30 bits per heavy atom. The van der Waals surface area contributed by atoms with Crippen LogP contribution in [-0.2, 0) is 9.47 Å². The molecule has 0 spiro atoms. The number of methoxy groups -OCH3 is 1. The predicted octanol–water partition coefficient (Wildman–Crippen LogP) is 4.80. The number of hydrogen-bond acceptors (Lipinski definition) is 2. The second-order valence-corrected chi connectivity index (χ2v) is 7.10. The zero-order valence-electron chi connectivity index (χ0n) is 14.4. The second kappa shape index (κ2) is 9.26. The Kier molecular flexibility index (Phi) is 7.67. The molecule has 2 rings (SSSR count). The van der Waals surface area contributed by atoms with E-state index in [4.69, 9.17) is 9.47 Å². The molecule has 0 saturated heterocycles. The van der Waals surface area contributed by atoms with Crippen molar-refractivity contribution < 1.29 is 22.6 Å². The van der Waals surface area contributed by atoms with E-state index in [1.807, 2.05) is 0 Å². The van der Waals surface area contributed by atoms with E-state index in [2.05, 4.69) is 6.92 Å². The van der Waals surface area contributed by atoms with Crippen LogP contribution in [0, 0.1) is 11.8 Å². The summed E-state index contributed by atoms with van der Waals surface area (Å²) in [5.74, 6) is -0.899. The maximum atomic E-state index is 14.5. The van der Waals surface area contributed by atoms with Gasteiger partial charge in [-0.2, -0.15) is 0 Å². The second-order valence-electron chi connectivity index (χ2n) is 7.10. The highest BCUT2D eigenvalue weighted by Gasteiger charge is 2.47. The Hall–Kier alpha value is -0.290. The summed E-state index contributed by atoms with van der Waals surface area (Å²) in [6, 6.07) is 0. The number of rotatable bonds is 7. The minimum Gasteiger partial charge on any atom is -0.378 e. The number of halogens is 3. The summed E-state index contributed by atoms with van der Waals surface area (Å²) in [5.41, 5.74) is 0. The smallest absolute Gasteiger partial charge is 0.157 e. The third-order valence-corrected chi connectivity index (χ3v) is 5.58. The first kappa shape index (κ1) is 19.0. The largest absolute Gasteiger partial charge is 0.378 e. The fourth-order valence-electron chi connectivity index (χ4n) is 4.15. The lowest BCUT2D eigenvalue weighted by Crippen LogP contribution is -2.48. The summed E-state index contributed by atoms with van der Waals surface area (Å²) >= 11 is 0. The van der Waals surface area contributed by atoms with Crippen molar-refractivity contribution in [3.63, 3.8) is 0 Å². The fraction of sp³-hybridized carbons (Fsp3) is 1.00. The molecule has 7 atom stereocenters. The molecule has 7 unspecified atom stereocenters. The molecule has 5 heteroatoms. The third-order valence-electron chi connectivity index (χ3n) is 5.58. The summed E-state index contributed by atoms with van der Waals surface area (Å²) in [6.45, 7) is 2.81. The van der Waals surface area contributed by atoms with Gasteiger partial charge in [0.05, 0.1) is 12.2 Å². The van der Waals surface area contributed by atoms with Crippen LogP contribution in [0.25, 0.3) is 0 Å². The maximum Gasteiger partial charge on any atom is 0.157 e. The molecule has 0 aromatic rings. The summed E-state index contributed by atoms with van der Waals surface area (Å²) < 4.78 is 53.7. The van der Waals surface area contributed by atoms with Crippen molar-refractivity contribution in [3.05, 3.63) is 0 Å². The lowest BCUT2D eigenvalue weighted by Gasteiger charge is -2.42. The topological polar surface area (TPSA) is 18.5 Å². The molecule has 2 fully saturated rings. The minimum atomic E-state index is -1.63. The SMILES string of the molecule is CCCCCOC1CCC(C2CCC(OC)C(F)C2F)C(F)C1. The van der Waals surface area contributed by atoms with Crippen molar-refractivity contribution in [1.82, 2.24) is 0 Å². The van der Waals surface area contributed by atoms with Gasteiger partial charge in [0, 0.05) is 20.1 Å². The average Bonchev–Trinajstić information content (AvgIpc) is 2.55. The minimum absolute atomic E-state index is 0.0624. The molecule has 2 saturated carbocycles. The van der Waals surface area contributed by atoms with Crippen LogP contribution in [-0.4, -0.2) is 44.4 Å². The van der Waals surface area contributed by atoms with E-state index in [9.17, 15) is 13.2 Å². The standard InChI is InChI=1S/C18H31F3O2/c1-3-4-5-10-23-12-6-7-13(15(19)11-12)14-8-9-16(22-2)18(21)17(14)20/h12-18H,3-11H2,1-2H3. The van der Waals surface area contributed by atoms with Gasteiger partial charge in [-0.15, -0.1) is 0 Å². The average molecular weight is 336 g/mol. The van der Waals surface area contributed by atoms with Crippen LogP contribution in [0.15, 0.2) is 0 Å². The third kappa shape index (κ3) is 4.85. The summed E-state index contributed by atoms with van der Waals surface area (Å²) in [7, 11) is 1.41. The fourth-order valence-corrected chi connectivity index (χ4v) is 4.15. The summed E-state index contributed by atoms with van der Waals surface area (Å²) in [6.07, 6.45) is 0.839. The molecule has 2 nitrogen and oxygen atoms in total. The zero-order valence-corrected chi connectivity index (χ0v) is 14.4. The van der Waals surface area contributed by atoms with Gasteiger partial charge >= 0.3 is 0 Å². The van der Waals surface area contributed by atoms with Crippen LogP contribution in [0.1, 0.15) is 58.3 Å². The Morgan fingerprint density at radius 1 is 0.913 bits per heavy atom. The van der Waals surface area contributed by atoms with Crippen molar-refractivity contribution in [2.75, 3.05) is 13.7 Å². The van der Waals surface area contributed by atoms with Crippen LogP contribution >= 0.6 is 0 Å². The van der Waals surface area contributed by atoms with Gasteiger partial charge in [0.1, 0.15) is 12.3 Å². The molecular weight excluding hydrogens is 305 g/mol. The molecule has 0 amide bonds. The normalized spacial score (nSPS) is 41.9. The number of unbranched alkanes of at least 4 members (excludes halogenated alkanes) is 2. The van der Waals surface area contributed by atoms with E-state index < -0.39 is 30.5 Å². The highest BCUT2D eigenvalue weighted by Crippen LogP contribution is 2.43. The number of alkyl halides is 3. The van der Waals surface area contributed by atoms with E-state index in [1.54, 1.807) is 0 Å². The van der Waals surface area contributed by atoms with Crippen LogP contribution in [0.2, 0.25) is 0 Å². The maximum absolute atomic E-state index is 14.5. The Bertz CT molecular complexity index is 342. The van der Waals surface area contributed by atoms with Crippen LogP contribution in [0.4, 0.5) is 13.2 Å². The highest BCUT2D eigenvalue weighted by atomic mass is 19.2. The predicted molar refractivity (Wildman–Crippen MR) is 84.8 cm³/mol. The lowest BCUT2D eigenvalue weighted by molar-refractivity contribution is -0.0917. The summed E-state index contributed by atoms with van der Waals surface area (Å²) in [5, 5.41) is 0.